The zero-order valence-corrected chi connectivity index (χ0v) is 17.5. The molecule has 2 aromatic carbocycles. The van der Waals surface area contributed by atoms with Crippen LogP contribution in [0.5, 0.6) is 5.75 Å². The standard InChI is InChI=1S/C24H19ClN2O4/c1-31-19-10-6-16(7-11-19)21-20(22(28)17-4-8-18(25)9-5-17)23(29)24(30)27(21)14-15-3-2-12-26-13-15/h2-13,20-21H,14H2,1H3. The van der Waals surface area contributed by atoms with E-state index in [0.717, 1.165) is 5.56 Å². The smallest absolute Gasteiger partial charge is 0.291 e. The van der Waals surface area contributed by atoms with E-state index in [9.17, 15) is 14.4 Å². The van der Waals surface area contributed by atoms with E-state index >= 15 is 0 Å². The number of pyridine rings is 1. The van der Waals surface area contributed by atoms with Crippen LogP contribution in [-0.2, 0) is 16.1 Å². The first-order chi connectivity index (χ1) is 15.0. The second kappa shape index (κ2) is 8.70. The van der Waals surface area contributed by atoms with E-state index in [1.54, 1.807) is 74.1 Å². The van der Waals surface area contributed by atoms with Crippen molar-refractivity contribution in [1.29, 1.82) is 0 Å². The van der Waals surface area contributed by atoms with Crippen LogP contribution >= 0.6 is 11.6 Å². The fourth-order valence-corrected chi connectivity index (χ4v) is 3.94. The number of hydrogen-bond acceptors (Lipinski definition) is 5. The van der Waals surface area contributed by atoms with Gasteiger partial charge < -0.3 is 9.64 Å². The van der Waals surface area contributed by atoms with Crippen molar-refractivity contribution in [3.05, 3.63) is 94.8 Å². The maximum absolute atomic E-state index is 13.3. The Labute approximate surface area is 184 Å². The molecule has 6 nitrogen and oxygen atoms in total. The first-order valence-corrected chi connectivity index (χ1v) is 10.0. The number of carbonyl (C=O) groups excluding carboxylic acids is 3. The van der Waals surface area contributed by atoms with Gasteiger partial charge in [-0.1, -0.05) is 29.8 Å². The Balaban J connectivity index is 1.77. The number of ether oxygens (including phenoxy) is 1. The number of benzene rings is 2. The summed E-state index contributed by atoms with van der Waals surface area (Å²) in [4.78, 5) is 44.9. The monoisotopic (exact) mass is 434 g/mol. The molecule has 4 rings (SSSR count). The van der Waals surface area contributed by atoms with Gasteiger partial charge in [-0.05, 0) is 53.6 Å². The third-order valence-corrected chi connectivity index (χ3v) is 5.60. The number of aromatic nitrogens is 1. The SMILES string of the molecule is COc1ccc(C2C(C(=O)c3ccc(Cl)cc3)C(=O)C(=O)N2Cc2cccnc2)cc1. The lowest BCUT2D eigenvalue weighted by molar-refractivity contribution is -0.141. The van der Waals surface area contributed by atoms with E-state index in [2.05, 4.69) is 4.98 Å². The van der Waals surface area contributed by atoms with Crippen molar-refractivity contribution in [2.45, 2.75) is 12.6 Å². The summed E-state index contributed by atoms with van der Waals surface area (Å²) < 4.78 is 5.22. The van der Waals surface area contributed by atoms with Crippen LogP contribution in [0.4, 0.5) is 0 Å². The Morgan fingerprint density at radius 2 is 1.77 bits per heavy atom. The first kappa shape index (κ1) is 20.8. The topological polar surface area (TPSA) is 76.6 Å². The highest BCUT2D eigenvalue weighted by Gasteiger charge is 2.51. The summed E-state index contributed by atoms with van der Waals surface area (Å²) in [5, 5.41) is 0.482. The second-order valence-electron chi connectivity index (χ2n) is 7.23. The normalized spacial score (nSPS) is 18.3. The summed E-state index contributed by atoms with van der Waals surface area (Å²) in [7, 11) is 1.55. The van der Waals surface area contributed by atoms with Crippen molar-refractivity contribution in [1.82, 2.24) is 9.88 Å². The molecule has 2 heterocycles. The van der Waals surface area contributed by atoms with Crippen molar-refractivity contribution in [3.63, 3.8) is 0 Å². The van der Waals surface area contributed by atoms with Crippen LogP contribution in [-0.4, -0.2) is 34.5 Å². The molecule has 1 aliphatic heterocycles. The molecule has 1 aromatic heterocycles. The number of Topliss-reactive ketones (excluding diaryl/α,β-unsaturated/α-hetero) is 2. The van der Waals surface area contributed by atoms with Crippen LogP contribution < -0.4 is 4.74 Å². The van der Waals surface area contributed by atoms with Crippen LogP contribution in [0, 0.1) is 5.92 Å². The molecule has 2 atom stereocenters. The second-order valence-corrected chi connectivity index (χ2v) is 7.66. The number of likely N-dealkylation sites (tertiary alicyclic amines) is 1. The summed E-state index contributed by atoms with van der Waals surface area (Å²) in [5.41, 5.74) is 1.77. The van der Waals surface area contributed by atoms with Gasteiger partial charge >= 0.3 is 0 Å². The van der Waals surface area contributed by atoms with Crippen molar-refractivity contribution in [2.75, 3.05) is 7.11 Å². The predicted octanol–water partition coefficient (Wildman–Crippen LogP) is 3.90. The number of halogens is 1. The van der Waals surface area contributed by atoms with Crippen molar-refractivity contribution >= 4 is 29.1 Å². The van der Waals surface area contributed by atoms with Gasteiger partial charge in [0.25, 0.3) is 5.91 Å². The van der Waals surface area contributed by atoms with E-state index in [4.69, 9.17) is 16.3 Å². The highest BCUT2D eigenvalue weighted by atomic mass is 35.5. The molecule has 31 heavy (non-hydrogen) atoms. The van der Waals surface area contributed by atoms with E-state index in [-0.39, 0.29) is 6.54 Å². The van der Waals surface area contributed by atoms with Crippen LogP contribution in [0.1, 0.15) is 27.5 Å². The average Bonchev–Trinajstić information content (AvgIpc) is 3.05. The number of carbonyl (C=O) groups is 3. The fraction of sp³-hybridized carbons (Fsp3) is 0.167. The van der Waals surface area contributed by atoms with Crippen molar-refractivity contribution in [2.24, 2.45) is 5.92 Å². The number of methoxy groups -OCH3 is 1. The summed E-state index contributed by atoms with van der Waals surface area (Å²) in [6, 6.07) is 16.2. The van der Waals surface area contributed by atoms with Gasteiger partial charge in [0.2, 0.25) is 5.78 Å². The molecule has 1 amide bonds. The highest BCUT2D eigenvalue weighted by Crippen LogP contribution is 2.39. The molecule has 1 saturated heterocycles. The van der Waals surface area contributed by atoms with Gasteiger partial charge in [0.15, 0.2) is 5.78 Å². The zero-order chi connectivity index (χ0) is 22.0. The minimum atomic E-state index is -1.15. The Hall–Kier alpha value is -3.51. The zero-order valence-electron chi connectivity index (χ0n) is 16.7. The molecule has 7 heteroatoms. The third kappa shape index (κ3) is 4.07. The minimum Gasteiger partial charge on any atom is -0.497 e. The van der Waals surface area contributed by atoms with Gasteiger partial charge in [0.1, 0.15) is 11.7 Å². The summed E-state index contributed by atoms with van der Waals surface area (Å²) in [6.07, 6.45) is 3.27. The van der Waals surface area contributed by atoms with E-state index in [1.165, 1.54) is 4.90 Å². The molecule has 156 valence electrons. The molecule has 0 N–H and O–H groups in total. The minimum absolute atomic E-state index is 0.166. The molecule has 0 spiro atoms. The van der Waals surface area contributed by atoms with Gasteiger partial charge in [0.05, 0.1) is 13.2 Å². The van der Waals surface area contributed by atoms with Crippen molar-refractivity contribution in [3.8, 4) is 5.75 Å². The first-order valence-electron chi connectivity index (χ1n) is 9.67. The van der Waals surface area contributed by atoms with Crippen LogP contribution in [0.3, 0.4) is 0 Å². The van der Waals surface area contributed by atoms with Crippen molar-refractivity contribution < 1.29 is 19.1 Å². The number of hydrogen-bond donors (Lipinski definition) is 0. The predicted molar refractivity (Wildman–Crippen MR) is 115 cm³/mol. The van der Waals surface area contributed by atoms with Crippen LogP contribution in [0.2, 0.25) is 5.02 Å². The fourth-order valence-electron chi connectivity index (χ4n) is 3.81. The lowest BCUT2D eigenvalue weighted by atomic mass is 9.86. The van der Waals surface area contributed by atoms with Crippen LogP contribution in [0.15, 0.2) is 73.1 Å². The quantitative estimate of drug-likeness (QED) is 0.334. The molecule has 0 saturated carbocycles. The van der Waals surface area contributed by atoms with Gasteiger partial charge in [-0.2, -0.15) is 0 Å². The lowest BCUT2D eigenvalue weighted by Crippen LogP contribution is -2.30. The average molecular weight is 435 g/mol. The maximum Gasteiger partial charge on any atom is 0.291 e. The van der Waals surface area contributed by atoms with Gasteiger partial charge in [0, 0.05) is 29.5 Å². The number of nitrogens with zero attached hydrogens (tertiary/aromatic N) is 2. The molecular formula is C24H19ClN2O4. The summed E-state index contributed by atoms with van der Waals surface area (Å²) >= 11 is 5.94. The summed E-state index contributed by atoms with van der Waals surface area (Å²) in [5.74, 6) is -2.33. The van der Waals surface area contributed by atoms with Gasteiger partial charge in [-0.3, -0.25) is 19.4 Å². The Morgan fingerprint density at radius 1 is 1.06 bits per heavy atom. The lowest BCUT2D eigenvalue weighted by Gasteiger charge is -2.27. The van der Waals surface area contributed by atoms with E-state index in [0.29, 0.717) is 21.9 Å². The van der Waals surface area contributed by atoms with Crippen LogP contribution in [0.25, 0.3) is 0 Å². The Morgan fingerprint density at radius 3 is 2.39 bits per heavy atom. The summed E-state index contributed by atoms with van der Waals surface area (Å²) in [6.45, 7) is 0.166. The molecule has 2 unspecified atom stereocenters. The molecule has 0 radical (unpaired) electrons. The number of rotatable bonds is 6. The van der Waals surface area contributed by atoms with E-state index in [1.807, 2.05) is 6.07 Å². The largest absolute Gasteiger partial charge is 0.497 e. The Kier molecular flexibility index (Phi) is 5.82. The molecular weight excluding hydrogens is 416 g/mol. The Bertz CT molecular complexity index is 1110. The molecule has 1 aliphatic rings. The van der Waals surface area contributed by atoms with Gasteiger partial charge in [-0.25, -0.2) is 0 Å². The number of ketones is 2. The highest BCUT2D eigenvalue weighted by molar-refractivity contribution is 6.44. The molecule has 0 bridgehead atoms. The third-order valence-electron chi connectivity index (χ3n) is 5.35. The number of amides is 1. The molecule has 3 aromatic rings. The molecule has 0 aliphatic carbocycles. The molecule has 1 fully saturated rings. The van der Waals surface area contributed by atoms with E-state index < -0.39 is 29.4 Å². The van der Waals surface area contributed by atoms with Gasteiger partial charge in [-0.15, -0.1) is 0 Å². The maximum atomic E-state index is 13.3.